The van der Waals surface area contributed by atoms with E-state index in [0.29, 0.717) is 19.7 Å². The Morgan fingerprint density at radius 3 is 2.42 bits per heavy atom. The molecule has 3 rings (SSSR count). The molecule has 5 heteroatoms. The van der Waals surface area contributed by atoms with Crippen molar-refractivity contribution in [1.82, 2.24) is 4.90 Å². The van der Waals surface area contributed by atoms with Crippen LogP contribution in [0.5, 0.6) is 0 Å². The lowest BCUT2D eigenvalue weighted by Gasteiger charge is -2.36. The molecule has 2 aromatic rings. The van der Waals surface area contributed by atoms with Gasteiger partial charge < -0.3 is 14.5 Å². The van der Waals surface area contributed by atoms with Crippen LogP contribution in [0.4, 0.5) is 5.69 Å². The van der Waals surface area contributed by atoms with Gasteiger partial charge in [0.1, 0.15) is 0 Å². The molecule has 1 aliphatic rings. The summed E-state index contributed by atoms with van der Waals surface area (Å²) in [6.07, 6.45) is 0. The maximum Gasteiger partial charge on any atom is 0.253 e. The monoisotopic (exact) mass is 344 g/mol. The van der Waals surface area contributed by atoms with Crippen molar-refractivity contribution in [3.05, 3.63) is 64.7 Å². The quantitative estimate of drug-likeness (QED) is 0.851. The number of benzene rings is 2. The first-order valence-corrected chi connectivity index (χ1v) is 8.43. The van der Waals surface area contributed by atoms with Gasteiger partial charge in [-0.1, -0.05) is 29.8 Å². The van der Waals surface area contributed by atoms with Crippen molar-refractivity contribution in [2.75, 3.05) is 38.2 Å². The second kappa shape index (κ2) is 7.69. The minimum Gasteiger partial charge on any atom is -0.380 e. The highest BCUT2D eigenvalue weighted by atomic mass is 35.5. The van der Waals surface area contributed by atoms with Gasteiger partial charge in [-0.05, 0) is 35.9 Å². The minimum absolute atomic E-state index is 0.0877. The number of rotatable bonds is 4. The summed E-state index contributed by atoms with van der Waals surface area (Å²) in [6, 6.07) is 15.5. The third-order valence-corrected chi connectivity index (χ3v) is 4.49. The normalized spacial score (nSPS) is 14.8. The molecular weight excluding hydrogens is 324 g/mol. The van der Waals surface area contributed by atoms with Crippen LogP contribution >= 0.6 is 11.6 Å². The molecule has 2 aromatic carbocycles. The smallest absolute Gasteiger partial charge is 0.253 e. The first-order chi connectivity index (χ1) is 11.7. The van der Waals surface area contributed by atoms with E-state index < -0.39 is 0 Å². The van der Waals surface area contributed by atoms with Crippen molar-refractivity contribution in [3.63, 3.8) is 0 Å². The molecule has 0 aromatic heterocycles. The number of carbonyl (C=O) groups is 1. The van der Waals surface area contributed by atoms with E-state index in [9.17, 15) is 4.79 Å². The molecule has 0 unspecified atom stereocenters. The molecule has 24 heavy (non-hydrogen) atoms. The van der Waals surface area contributed by atoms with Crippen LogP contribution in [0.3, 0.4) is 0 Å². The van der Waals surface area contributed by atoms with E-state index >= 15 is 0 Å². The van der Waals surface area contributed by atoms with Crippen LogP contribution in [0.15, 0.2) is 48.5 Å². The highest BCUT2D eigenvalue weighted by Gasteiger charge is 2.22. The first kappa shape index (κ1) is 16.8. The zero-order chi connectivity index (χ0) is 16.9. The number of amides is 1. The van der Waals surface area contributed by atoms with Gasteiger partial charge in [-0.15, -0.1) is 0 Å². The summed E-state index contributed by atoms with van der Waals surface area (Å²) in [5, 5.41) is 0.738. The maximum atomic E-state index is 12.6. The Labute approximate surface area is 147 Å². The first-order valence-electron chi connectivity index (χ1n) is 8.05. The van der Waals surface area contributed by atoms with Crippen molar-refractivity contribution >= 4 is 23.2 Å². The third-order valence-electron chi connectivity index (χ3n) is 4.25. The van der Waals surface area contributed by atoms with Crippen LogP contribution < -0.4 is 4.90 Å². The van der Waals surface area contributed by atoms with Gasteiger partial charge in [-0.25, -0.2) is 0 Å². The predicted molar refractivity (Wildman–Crippen MR) is 96.7 cm³/mol. The lowest BCUT2D eigenvalue weighted by Crippen LogP contribution is -2.48. The van der Waals surface area contributed by atoms with Gasteiger partial charge in [0.2, 0.25) is 0 Å². The number of ether oxygens (including phenoxy) is 1. The molecule has 1 amide bonds. The topological polar surface area (TPSA) is 32.8 Å². The van der Waals surface area contributed by atoms with Crippen LogP contribution in [-0.2, 0) is 11.3 Å². The van der Waals surface area contributed by atoms with E-state index in [0.717, 1.165) is 34.9 Å². The summed E-state index contributed by atoms with van der Waals surface area (Å²) in [7, 11) is 1.67. The summed E-state index contributed by atoms with van der Waals surface area (Å²) in [5.74, 6) is 0.0877. The van der Waals surface area contributed by atoms with E-state index in [-0.39, 0.29) is 5.91 Å². The average Bonchev–Trinajstić information content (AvgIpc) is 2.62. The Balaban J connectivity index is 1.60. The van der Waals surface area contributed by atoms with Gasteiger partial charge in [-0.2, -0.15) is 0 Å². The second-order valence-electron chi connectivity index (χ2n) is 5.89. The van der Waals surface area contributed by atoms with E-state index in [4.69, 9.17) is 16.3 Å². The third kappa shape index (κ3) is 3.89. The highest BCUT2D eigenvalue weighted by Crippen LogP contribution is 2.21. The summed E-state index contributed by atoms with van der Waals surface area (Å²) in [6.45, 7) is 3.62. The van der Waals surface area contributed by atoms with E-state index in [1.807, 2.05) is 47.4 Å². The maximum absolute atomic E-state index is 12.6. The van der Waals surface area contributed by atoms with Crippen molar-refractivity contribution in [2.24, 2.45) is 0 Å². The van der Waals surface area contributed by atoms with Gasteiger partial charge in [0.25, 0.3) is 5.91 Å². The van der Waals surface area contributed by atoms with Gasteiger partial charge in [-0.3, -0.25) is 4.79 Å². The molecule has 0 bridgehead atoms. The molecule has 0 spiro atoms. The SMILES string of the molecule is COCc1ccc(C(=O)N2CCN(c3cccc(Cl)c3)CC2)cc1. The van der Waals surface area contributed by atoms with E-state index in [1.54, 1.807) is 7.11 Å². The fraction of sp³-hybridized carbons (Fsp3) is 0.316. The number of anilines is 1. The zero-order valence-corrected chi connectivity index (χ0v) is 14.5. The molecule has 0 saturated carbocycles. The van der Waals surface area contributed by atoms with Crippen molar-refractivity contribution in [2.45, 2.75) is 6.61 Å². The molecule has 0 aliphatic carbocycles. The minimum atomic E-state index is 0.0877. The number of piperazine rings is 1. The van der Waals surface area contributed by atoms with Crippen LogP contribution in [-0.4, -0.2) is 44.1 Å². The van der Waals surface area contributed by atoms with Crippen LogP contribution in [0.2, 0.25) is 5.02 Å². The summed E-state index contributed by atoms with van der Waals surface area (Å²) < 4.78 is 5.10. The Bertz CT molecular complexity index is 695. The molecule has 4 nitrogen and oxygen atoms in total. The Morgan fingerprint density at radius 1 is 1.08 bits per heavy atom. The summed E-state index contributed by atoms with van der Waals surface area (Å²) in [4.78, 5) is 16.8. The van der Waals surface area contributed by atoms with Crippen LogP contribution in [0.25, 0.3) is 0 Å². The largest absolute Gasteiger partial charge is 0.380 e. The zero-order valence-electron chi connectivity index (χ0n) is 13.7. The van der Waals surface area contributed by atoms with Crippen molar-refractivity contribution in [3.8, 4) is 0 Å². The van der Waals surface area contributed by atoms with Gasteiger partial charge in [0.15, 0.2) is 0 Å². The molecular formula is C19H21ClN2O2. The van der Waals surface area contributed by atoms with E-state index in [2.05, 4.69) is 11.0 Å². The van der Waals surface area contributed by atoms with Gasteiger partial charge >= 0.3 is 0 Å². The Morgan fingerprint density at radius 2 is 1.79 bits per heavy atom. The standard InChI is InChI=1S/C19H21ClN2O2/c1-24-14-15-5-7-16(8-6-15)19(23)22-11-9-21(10-12-22)18-4-2-3-17(20)13-18/h2-8,13H,9-12,14H2,1H3. The molecule has 0 N–H and O–H groups in total. The molecule has 1 fully saturated rings. The number of methoxy groups -OCH3 is 1. The van der Waals surface area contributed by atoms with Crippen molar-refractivity contribution < 1.29 is 9.53 Å². The lowest BCUT2D eigenvalue weighted by molar-refractivity contribution is 0.0746. The highest BCUT2D eigenvalue weighted by molar-refractivity contribution is 6.30. The van der Waals surface area contributed by atoms with Gasteiger partial charge in [0, 0.05) is 49.6 Å². The molecule has 0 radical (unpaired) electrons. The lowest BCUT2D eigenvalue weighted by atomic mass is 10.1. The van der Waals surface area contributed by atoms with Crippen molar-refractivity contribution in [1.29, 1.82) is 0 Å². The fourth-order valence-corrected chi connectivity index (χ4v) is 3.12. The number of nitrogens with zero attached hydrogens (tertiary/aromatic N) is 2. The summed E-state index contributed by atoms with van der Waals surface area (Å²) in [5.41, 5.74) is 2.91. The summed E-state index contributed by atoms with van der Waals surface area (Å²) >= 11 is 6.06. The van der Waals surface area contributed by atoms with Gasteiger partial charge in [0.05, 0.1) is 6.61 Å². The Kier molecular flexibility index (Phi) is 5.38. The molecule has 1 heterocycles. The molecule has 1 saturated heterocycles. The second-order valence-corrected chi connectivity index (χ2v) is 6.33. The predicted octanol–water partition coefficient (Wildman–Crippen LogP) is 3.45. The Hall–Kier alpha value is -2.04. The average molecular weight is 345 g/mol. The molecule has 1 aliphatic heterocycles. The van der Waals surface area contributed by atoms with Crippen LogP contribution in [0, 0.1) is 0 Å². The number of halogens is 1. The van der Waals surface area contributed by atoms with Crippen LogP contribution in [0.1, 0.15) is 15.9 Å². The number of carbonyl (C=O) groups excluding carboxylic acids is 1. The number of hydrogen-bond donors (Lipinski definition) is 0. The number of hydrogen-bond acceptors (Lipinski definition) is 3. The fourth-order valence-electron chi connectivity index (χ4n) is 2.93. The molecule has 126 valence electrons. The van der Waals surface area contributed by atoms with E-state index in [1.165, 1.54) is 0 Å². The molecule has 0 atom stereocenters.